The highest BCUT2D eigenvalue weighted by Gasteiger charge is 2.18. The molecule has 0 aliphatic heterocycles. The first kappa shape index (κ1) is 18.4. The lowest BCUT2D eigenvalue weighted by atomic mass is 10.1. The first-order chi connectivity index (χ1) is 11.8. The van der Waals surface area contributed by atoms with Gasteiger partial charge in [-0.15, -0.1) is 0 Å². The van der Waals surface area contributed by atoms with E-state index in [9.17, 15) is 14.0 Å². The van der Waals surface area contributed by atoms with Gasteiger partial charge in [-0.2, -0.15) is 0 Å². The molecule has 1 amide bonds. The zero-order chi connectivity index (χ0) is 18.6. The third-order valence-electron chi connectivity index (χ3n) is 3.68. The number of ether oxygens (including phenoxy) is 2. The van der Waals surface area contributed by atoms with Crippen molar-refractivity contribution in [3.05, 3.63) is 53.3 Å². The molecular weight excluding hydrogens is 325 g/mol. The van der Waals surface area contributed by atoms with Gasteiger partial charge in [0.25, 0.3) is 5.91 Å². The topological polar surface area (TPSA) is 64.6 Å². The number of hydrogen-bond donors (Lipinski definition) is 1. The Balaban J connectivity index is 2.10. The summed E-state index contributed by atoms with van der Waals surface area (Å²) in [6.07, 6.45) is -0.846. The second-order valence-electron chi connectivity index (χ2n) is 5.64. The predicted molar refractivity (Wildman–Crippen MR) is 92.9 cm³/mol. The number of Topliss-reactive ketones (excluding diaryl/α,β-unsaturated/α-hetero) is 1. The van der Waals surface area contributed by atoms with Gasteiger partial charge in [0.05, 0.1) is 7.11 Å². The highest BCUT2D eigenvalue weighted by molar-refractivity contribution is 5.95. The minimum absolute atomic E-state index is 0.1000. The van der Waals surface area contributed by atoms with Crippen LogP contribution in [-0.4, -0.2) is 24.9 Å². The van der Waals surface area contributed by atoms with Crippen molar-refractivity contribution in [2.45, 2.75) is 26.9 Å². The Morgan fingerprint density at radius 3 is 2.44 bits per heavy atom. The van der Waals surface area contributed by atoms with E-state index in [1.807, 2.05) is 0 Å². The van der Waals surface area contributed by atoms with Gasteiger partial charge < -0.3 is 14.8 Å². The summed E-state index contributed by atoms with van der Waals surface area (Å²) >= 11 is 0. The van der Waals surface area contributed by atoms with E-state index in [1.54, 1.807) is 44.2 Å². The molecule has 2 aromatic carbocycles. The van der Waals surface area contributed by atoms with Gasteiger partial charge in [0.15, 0.2) is 23.4 Å². The fourth-order valence-electron chi connectivity index (χ4n) is 2.14. The molecule has 25 heavy (non-hydrogen) atoms. The summed E-state index contributed by atoms with van der Waals surface area (Å²) in [6.45, 7) is 4.66. The maximum atomic E-state index is 13.6. The Hall–Kier alpha value is -2.89. The third-order valence-corrected chi connectivity index (χ3v) is 3.68. The Labute approximate surface area is 145 Å². The van der Waals surface area contributed by atoms with Gasteiger partial charge >= 0.3 is 0 Å². The lowest BCUT2D eigenvalue weighted by molar-refractivity contribution is -0.122. The first-order valence-corrected chi connectivity index (χ1v) is 7.74. The number of halogens is 1. The first-order valence-electron chi connectivity index (χ1n) is 7.74. The van der Waals surface area contributed by atoms with Crippen molar-refractivity contribution in [2.75, 3.05) is 12.4 Å². The average Bonchev–Trinajstić information content (AvgIpc) is 2.58. The summed E-state index contributed by atoms with van der Waals surface area (Å²) in [4.78, 5) is 23.7. The lowest BCUT2D eigenvalue weighted by Crippen LogP contribution is -2.30. The predicted octanol–water partition coefficient (Wildman–Crippen LogP) is 3.75. The summed E-state index contributed by atoms with van der Waals surface area (Å²) in [5, 5.41) is 2.60. The number of aryl methyl sites for hydroxylation is 1. The van der Waals surface area contributed by atoms with Crippen LogP contribution in [-0.2, 0) is 4.79 Å². The number of hydrogen-bond acceptors (Lipinski definition) is 4. The van der Waals surface area contributed by atoms with Gasteiger partial charge in [-0.3, -0.25) is 9.59 Å². The van der Waals surface area contributed by atoms with Crippen LogP contribution in [0.3, 0.4) is 0 Å². The van der Waals surface area contributed by atoms with E-state index in [0.717, 1.165) is 0 Å². The zero-order valence-corrected chi connectivity index (χ0v) is 14.6. The number of anilines is 1. The van der Waals surface area contributed by atoms with Crippen LogP contribution in [0.2, 0.25) is 0 Å². The summed E-state index contributed by atoms with van der Waals surface area (Å²) in [5.41, 5.74) is 1.33. The largest absolute Gasteiger partial charge is 0.493 e. The fraction of sp³-hybridized carbons (Fsp3) is 0.263. The van der Waals surface area contributed by atoms with Gasteiger partial charge in [-0.05, 0) is 56.7 Å². The molecule has 0 fully saturated rings. The molecule has 2 aromatic rings. The van der Waals surface area contributed by atoms with Crippen molar-refractivity contribution in [3.63, 3.8) is 0 Å². The average molecular weight is 345 g/mol. The zero-order valence-electron chi connectivity index (χ0n) is 14.6. The van der Waals surface area contributed by atoms with Gasteiger partial charge in [-0.25, -0.2) is 4.39 Å². The van der Waals surface area contributed by atoms with Crippen molar-refractivity contribution in [1.82, 2.24) is 0 Å². The number of ketones is 1. The molecule has 0 heterocycles. The summed E-state index contributed by atoms with van der Waals surface area (Å²) in [7, 11) is 1.45. The molecule has 0 aliphatic carbocycles. The van der Waals surface area contributed by atoms with Crippen LogP contribution in [0.4, 0.5) is 10.1 Å². The maximum absolute atomic E-state index is 13.6. The molecule has 0 bridgehead atoms. The van der Waals surface area contributed by atoms with Crippen molar-refractivity contribution in [1.29, 1.82) is 0 Å². The Kier molecular flexibility index (Phi) is 5.75. The van der Waals surface area contributed by atoms with Crippen molar-refractivity contribution < 1.29 is 23.5 Å². The molecule has 0 aromatic heterocycles. The van der Waals surface area contributed by atoms with Crippen LogP contribution in [0, 0.1) is 12.7 Å². The monoisotopic (exact) mass is 345 g/mol. The van der Waals surface area contributed by atoms with Gasteiger partial charge in [-0.1, -0.05) is 6.07 Å². The van der Waals surface area contributed by atoms with Gasteiger partial charge in [0, 0.05) is 11.3 Å². The highest BCUT2D eigenvalue weighted by Crippen LogP contribution is 2.29. The van der Waals surface area contributed by atoms with E-state index in [2.05, 4.69) is 5.32 Å². The minimum atomic E-state index is -0.846. The normalized spacial score (nSPS) is 11.6. The fourth-order valence-corrected chi connectivity index (χ4v) is 2.14. The number of amides is 1. The smallest absolute Gasteiger partial charge is 0.265 e. The van der Waals surface area contributed by atoms with E-state index in [4.69, 9.17) is 9.47 Å². The molecule has 5 nitrogen and oxygen atoms in total. The Morgan fingerprint density at radius 2 is 1.84 bits per heavy atom. The molecule has 0 spiro atoms. The number of benzene rings is 2. The van der Waals surface area contributed by atoms with Gasteiger partial charge in [0.2, 0.25) is 0 Å². The number of nitrogens with one attached hydrogen (secondary N) is 1. The molecule has 2 rings (SSSR count). The molecule has 0 saturated carbocycles. The number of methoxy groups -OCH3 is 1. The quantitative estimate of drug-likeness (QED) is 0.810. The van der Waals surface area contributed by atoms with Crippen LogP contribution in [0.25, 0.3) is 0 Å². The molecule has 0 radical (unpaired) electrons. The second kappa shape index (κ2) is 7.79. The lowest BCUT2D eigenvalue weighted by Gasteiger charge is -2.17. The summed E-state index contributed by atoms with van der Waals surface area (Å²) in [5.74, 6) is -0.232. The van der Waals surface area contributed by atoms with E-state index >= 15 is 0 Å². The Morgan fingerprint density at radius 1 is 1.12 bits per heavy atom. The molecule has 0 unspecified atom stereocenters. The van der Waals surface area contributed by atoms with Crippen LogP contribution in [0.5, 0.6) is 11.5 Å². The van der Waals surface area contributed by atoms with E-state index < -0.39 is 17.8 Å². The standard InChI is InChI=1S/C19H20FNO4/c1-11-5-7-15(10-16(11)20)21-19(23)13(3)25-17-8-6-14(12(2)22)9-18(17)24-4/h5-10,13H,1-4H3,(H,21,23)/t13-/m1/s1. The number of carbonyl (C=O) groups excluding carboxylic acids is 2. The van der Waals surface area contributed by atoms with Crippen molar-refractivity contribution in [3.8, 4) is 11.5 Å². The van der Waals surface area contributed by atoms with Gasteiger partial charge in [0.1, 0.15) is 5.82 Å². The molecule has 0 saturated heterocycles. The SMILES string of the molecule is COc1cc(C(C)=O)ccc1O[C@H](C)C(=O)Nc1ccc(C)c(F)c1. The van der Waals surface area contributed by atoms with E-state index in [0.29, 0.717) is 28.3 Å². The van der Waals surface area contributed by atoms with Crippen LogP contribution in [0.1, 0.15) is 29.8 Å². The highest BCUT2D eigenvalue weighted by atomic mass is 19.1. The second-order valence-corrected chi connectivity index (χ2v) is 5.64. The maximum Gasteiger partial charge on any atom is 0.265 e. The molecule has 1 atom stereocenters. The number of carbonyl (C=O) groups is 2. The van der Waals surface area contributed by atoms with Crippen LogP contribution in [0.15, 0.2) is 36.4 Å². The third kappa shape index (κ3) is 4.56. The molecule has 0 aliphatic rings. The summed E-state index contributed by atoms with van der Waals surface area (Å²) in [6, 6.07) is 9.18. The van der Waals surface area contributed by atoms with Crippen LogP contribution >= 0.6 is 0 Å². The van der Waals surface area contributed by atoms with Crippen molar-refractivity contribution >= 4 is 17.4 Å². The molecule has 6 heteroatoms. The number of rotatable bonds is 6. The molecule has 1 N–H and O–H groups in total. The minimum Gasteiger partial charge on any atom is -0.493 e. The Bertz CT molecular complexity index is 804. The molecular formula is C19H20FNO4. The summed E-state index contributed by atoms with van der Waals surface area (Å²) < 4.78 is 24.4. The van der Waals surface area contributed by atoms with Crippen LogP contribution < -0.4 is 14.8 Å². The van der Waals surface area contributed by atoms with Crippen molar-refractivity contribution in [2.24, 2.45) is 0 Å². The molecule has 132 valence electrons. The van der Waals surface area contributed by atoms with E-state index in [-0.39, 0.29) is 5.78 Å². The van der Waals surface area contributed by atoms with E-state index in [1.165, 1.54) is 20.1 Å².